The molecular weight excluding hydrogens is 687 g/mol. The van der Waals surface area contributed by atoms with E-state index < -0.39 is 18.2 Å². The second-order valence-corrected chi connectivity index (χ2v) is 13.9. The van der Waals surface area contributed by atoms with E-state index in [9.17, 15) is 14.9 Å². The predicted octanol–water partition coefficient (Wildman–Crippen LogP) is 7.72. The van der Waals surface area contributed by atoms with Gasteiger partial charge in [-0.05, 0) is 85.4 Å². The number of anilines is 1. The standard InChI is InChI=1S/C36H34Cl2N4O6S/c1-45-30-8-6-24(15-32(30)46-2)31(16-27-28(37)18-40-19-29(27)38)47-35(43)34-9-7-26(49-34)20-42(25-5-3-4-22(14-25)17-39)36(44)48-33-21-41-12-10-23(33)11-13-41/h3-9,14-15,18-19,23,31,33H,10-13,16,20-21H2,1-2H3/t31-,33-/m0/s1. The summed E-state index contributed by atoms with van der Waals surface area (Å²) in [5.74, 6) is 0.762. The average molecular weight is 722 g/mol. The molecule has 5 heterocycles. The molecule has 254 valence electrons. The first kappa shape index (κ1) is 34.5. The first-order chi connectivity index (χ1) is 23.8. The van der Waals surface area contributed by atoms with Gasteiger partial charge in [0, 0.05) is 35.9 Å². The van der Waals surface area contributed by atoms with Gasteiger partial charge in [0.15, 0.2) is 11.5 Å². The van der Waals surface area contributed by atoms with E-state index >= 15 is 0 Å². The summed E-state index contributed by atoms with van der Waals surface area (Å²) in [4.78, 5) is 36.4. The van der Waals surface area contributed by atoms with Gasteiger partial charge >= 0.3 is 12.1 Å². The molecule has 2 atom stereocenters. The van der Waals surface area contributed by atoms with Crippen molar-refractivity contribution in [3.63, 3.8) is 0 Å². The van der Waals surface area contributed by atoms with Crippen LogP contribution in [0.1, 0.15) is 50.2 Å². The number of amides is 1. The zero-order chi connectivity index (χ0) is 34.5. The van der Waals surface area contributed by atoms with Crippen molar-refractivity contribution >= 4 is 52.3 Å². The van der Waals surface area contributed by atoms with Crippen molar-refractivity contribution in [2.45, 2.75) is 38.0 Å². The van der Waals surface area contributed by atoms with Gasteiger partial charge in [0.1, 0.15) is 17.1 Å². The van der Waals surface area contributed by atoms with Crippen LogP contribution in [0.4, 0.5) is 10.5 Å². The highest BCUT2D eigenvalue weighted by molar-refractivity contribution is 7.14. The van der Waals surface area contributed by atoms with E-state index in [-0.39, 0.29) is 19.1 Å². The molecule has 2 aromatic carbocycles. The number of hydrogen-bond acceptors (Lipinski definition) is 10. The number of rotatable bonds is 11. The van der Waals surface area contributed by atoms with Crippen LogP contribution in [0.25, 0.3) is 0 Å². The number of carbonyl (C=O) groups is 2. The van der Waals surface area contributed by atoms with E-state index in [2.05, 4.69) is 16.0 Å². The van der Waals surface area contributed by atoms with Crippen LogP contribution in [0.5, 0.6) is 11.5 Å². The second kappa shape index (κ2) is 15.5. The lowest BCUT2D eigenvalue weighted by atomic mass is 9.86. The Hall–Kier alpha value is -4.34. The molecule has 0 aliphatic carbocycles. The first-order valence-electron chi connectivity index (χ1n) is 15.8. The smallest absolute Gasteiger partial charge is 0.414 e. The fourth-order valence-corrected chi connectivity index (χ4v) is 7.66. The summed E-state index contributed by atoms with van der Waals surface area (Å²) in [7, 11) is 3.07. The number of piperidine rings is 3. The highest BCUT2D eigenvalue weighted by atomic mass is 35.5. The third kappa shape index (κ3) is 7.94. The molecule has 0 saturated carbocycles. The van der Waals surface area contributed by atoms with E-state index in [1.54, 1.807) is 61.7 Å². The fourth-order valence-electron chi connectivity index (χ4n) is 6.26. The van der Waals surface area contributed by atoms with E-state index in [4.69, 9.17) is 42.1 Å². The van der Waals surface area contributed by atoms with Crippen molar-refractivity contribution in [3.05, 3.63) is 103 Å². The van der Waals surface area contributed by atoms with E-state index in [1.165, 1.54) is 35.7 Å². The molecule has 3 aliphatic heterocycles. The minimum absolute atomic E-state index is 0.133. The number of ether oxygens (including phenoxy) is 4. The maximum atomic E-state index is 13.7. The lowest BCUT2D eigenvalue weighted by Crippen LogP contribution is -2.53. The van der Waals surface area contributed by atoms with Crippen molar-refractivity contribution in [2.24, 2.45) is 5.92 Å². The Labute approximate surface area is 298 Å². The quantitative estimate of drug-likeness (QED) is 0.144. The molecule has 10 nitrogen and oxygen atoms in total. The Morgan fingerprint density at radius 2 is 1.80 bits per heavy atom. The van der Waals surface area contributed by atoms with Crippen LogP contribution in [0.2, 0.25) is 10.0 Å². The predicted molar refractivity (Wildman–Crippen MR) is 187 cm³/mol. The molecule has 3 saturated heterocycles. The number of aromatic nitrogens is 1. The van der Waals surface area contributed by atoms with Gasteiger partial charge in [-0.2, -0.15) is 5.26 Å². The third-order valence-corrected chi connectivity index (χ3v) is 10.6. The molecule has 2 aromatic heterocycles. The number of hydrogen-bond donors (Lipinski definition) is 0. The van der Waals surface area contributed by atoms with Crippen LogP contribution in [0.3, 0.4) is 0 Å². The van der Waals surface area contributed by atoms with Crippen molar-refractivity contribution in [1.82, 2.24) is 9.88 Å². The number of esters is 1. The summed E-state index contributed by atoms with van der Waals surface area (Å²) in [5, 5.41) is 10.2. The minimum Gasteiger partial charge on any atom is -0.493 e. The molecule has 1 amide bonds. The topological polar surface area (TPSA) is 114 Å². The van der Waals surface area contributed by atoms with Crippen LogP contribution in [-0.4, -0.2) is 61.9 Å². The van der Waals surface area contributed by atoms with E-state index in [0.29, 0.717) is 61.3 Å². The van der Waals surface area contributed by atoms with Crippen LogP contribution in [-0.2, 0) is 22.4 Å². The minimum atomic E-state index is -0.794. The largest absolute Gasteiger partial charge is 0.493 e. The third-order valence-electron chi connectivity index (χ3n) is 8.90. The summed E-state index contributed by atoms with van der Waals surface area (Å²) in [6, 6.07) is 17.7. The van der Waals surface area contributed by atoms with E-state index in [0.717, 1.165) is 30.8 Å². The highest BCUT2D eigenvalue weighted by Crippen LogP contribution is 2.36. The number of carbonyl (C=O) groups excluding carboxylic acids is 2. The lowest BCUT2D eigenvalue weighted by Gasteiger charge is -2.44. The van der Waals surface area contributed by atoms with Crippen LogP contribution < -0.4 is 14.4 Å². The number of fused-ring (bicyclic) bond motifs is 3. The van der Waals surface area contributed by atoms with Crippen LogP contribution in [0.15, 0.2) is 67.0 Å². The maximum absolute atomic E-state index is 13.7. The molecule has 13 heteroatoms. The van der Waals surface area contributed by atoms with Crippen LogP contribution >= 0.6 is 34.5 Å². The number of pyridine rings is 1. The van der Waals surface area contributed by atoms with Gasteiger partial charge in [-0.15, -0.1) is 11.3 Å². The van der Waals surface area contributed by atoms with Gasteiger partial charge in [-0.3, -0.25) is 14.8 Å². The van der Waals surface area contributed by atoms with Gasteiger partial charge < -0.3 is 18.9 Å². The lowest BCUT2D eigenvalue weighted by molar-refractivity contribution is -0.0311. The summed E-state index contributed by atoms with van der Waals surface area (Å²) in [5.41, 5.74) is 2.17. The normalized spacial score (nSPS) is 18.6. The number of thiophene rings is 1. The summed E-state index contributed by atoms with van der Waals surface area (Å²) in [6.45, 7) is 2.90. The molecular formula is C36H34Cl2N4O6S. The Morgan fingerprint density at radius 3 is 2.47 bits per heavy atom. The maximum Gasteiger partial charge on any atom is 0.414 e. The first-order valence-corrected chi connectivity index (χ1v) is 17.3. The number of nitriles is 1. The molecule has 0 radical (unpaired) electrons. The van der Waals surface area contributed by atoms with Gasteiger partial charge in [-0.25, -0.2) is 9.59 Å². The van der Waals surface area contributed by atoms with Crippen molar-refractivity contribution in [2.75, 3.05) is 38.8 Å². The summed E-state index contributed by atoms with van der Waals surface area (Å²) in [6.07, 6.45) is 3.67. The Balaban J connectivity index is 1.24. The molecule has 49 heavy (non-hydrogen) atoms. The van der Waals surface area contributed by atoms with Crippen molar-refractivity contribution in [3.8, 4) is 17.6 Å². The highest BCUT2D eigenvalue weighted by Gasteiger charge is 2.37. The zero-order valence-electron chi connectivity index (χ0n) is 26.9. The Kier molecular flexibility index (Phi) is 10.9. The summed E-state index contributed by atoms with van der Waals surface area (Å²) < 4.78 is 23.1. The molecule has 3 aliphatic rings. The fraction of sp³-hybridized carbons (Fsp3) is 0.333. The molecule has 0 N–H and O–H groups in total. The molecule has 4 aromatic rings. The van der Waals surface area contributed by atoms with E-state index in [1.807, 2.05) is 0 Å². The molecule has 0 spiro atoms. The number of nitrogens with zero attached hydrogens (tertiary/aromatic N) is 4. The van der Waals surface area contributed by atoms with Crippen molar-refractivity contribution < 1.29 is 28.5 Å². The molecule has 7 rings (SSSR count). The van der Waals surface area contributed by atoms with Gasteiger partial charge in [-0.1, -0.05) is 35.3 Å². The number of halogens is 2. The number of methoxy groups -OCH3 is 2. The average Bonchev–Trinajstić information content (AvgIpc) is 3.61. The molecule has 0 unspecified atom stereocenters. The van der Waals surface area contributed by atoms with Gasteiger partial charge in [0.25, 0.3) is 0 Å². The zero-order valence-corrected chi connectivity index (χ0v) is 29.3. The van der Waals surface area contributed by atoms with Crippen LogP contribution in [0, 0.1) is 17.2 Å². The monoisotopic (exact) mass is 720 g/mol. The van der Waals surface area contributed by atoms with Crippen molar-refractivity contribution in [1.29, 1.82) is 5.26 Å². The Bertz CT molecular complexity index is 1850. The number of benzene rings is 2. The van der Waals surface area contributed by atoms with Gasteiger partial charge in [0.05, 0.1) is 42.4 Å². The second-order valence-electron chi connectivity index (χ2n) is 11.9. The Morgan fingerprint density at radius 1 is 1.04 bits per heavy atom. The molecule has 3 fully saturated rings. The summed E-state index contributed by atoms with van der Waals surface area (Å²) >= 11 is 14.1. The SMILES string of the molecule is COc1ccc([C@H](Cc2c(Cl)cncc2Cl)OC(=O)c2ccc(CN(C(=O)O[C@H]3CN4CCC3CC4)c3cccc(C#N)c3)s2)cc1OC. The molecule has 2 bridgehead atoms. The van der Waals surface area contributed by atoms with Gasteiger partial charge in [0.2, 0.25) is 0 Å².